The quantitative estimate of drug-likeness (QED) is 0.694. The SMILES string of the molecule is O=C(O)c1cccc2c1Oc1ccccc1O2. The first-order valence-electron chi connectivity index (χ1n) is 5.07. The van der Waals surface area contributed by atoms with Crippen molar-refractivity contribution in [1.82, 2.24) is 0 Å². The largest absolute Gasteiger partial charge is 0.478 e. The van der Waals surface area contributed by atoms with Crippen LogP contribution in [0.15, 0.2) is 42.5 Å². The van der Waals surface area contributed by atoms with Crippen molar-refractivity contribution in [1.29, 1.82) is 0 Å². The van der Waals surface area contributed by atoms with Gasteiger partial charge in [-0.25, -0.2) is 4.79 Å². The number of carbonyl (C=O) groups is 1. The summed E-state index contributed by atoms with van der Waals surface area (Å²) in [6.07, 6.45) is 0. The molecule has 3 rings (SSSR count). The topological polar surface area (TPSA) is 55.8 Å². The van der Waals surface area contributed by atoms with Gasteiger partial charge in [0.05, 0.1) is 0 Å². The number of para-hydroxylation sites is 3. The molecule has 4 nitrogen and oxygen atoms in total. The van der Waals surface area contributed by atoms with Crippen LogP contribution in [0, 0.1) is 0 Å². The minimum absolute atomic E-state index is 0.0944. The molecule has 2 aromatic rings. The standard InChI is InChI=1S/C13H8O4/c14-13(15)8-4-3-7-11-12(8)17-10-6-2-1-5-9(10)16-11/h1-7H,(H,14,15). The molecule has 0 spiro atoms. The highest BCUT2D eigenvalue weighted by Crippen LogP contribution is 2.46. The van der Waals surface area contributed by atoms with E-state index in [-0.39, 0.29) is 11.3 Å². The van der Waals surface area contributed by atoms with Crippen LogP contribution in [0.25, 0.3) is 0 Å². The Labute approximate surface area is 97.0 Å². The van der Waals surface area contributed by atoms with E-state index in [2.05, 4.69) is 0 Å². The predicted molar refractivity (Wildman–Crippen MR) is 60.0 cm³/mol. The maximum Gasteiger partial charge on any atom is 0.339 e. The molecule has 17 heavy (non-hydrogen) atoms. The minimum atomic E-state index is -1.04. The van der Waals surface area contributed by atoms with Crippen LogP contribution in [0.4, 0.5) is 0 Å². The molecule has 84 valence electrons. The summed E-state index contributed by atoms with van der Waals surface area (Å²) in [6.45, 7) is 0. The van der Waals surface area contributed by atoms with Crippen molar-refractivity contribution in [3.05, 3.63) is 48.0 Å². The van der Waals surface area contributed by atoms with E-state index < -0.39 is 5.97 Å². The molecule has 1 aliphatic rings. The number of hydrogen-bond donors (Lipinski definition) is 1. The van der Waals surface area contributed by atoms with E-state index in [1.165, 1.54) is 6.07 Å². The molecule has 1 N–H and O–H groups in total. The Morgan fingerprint density at radius 1 is 0.882 bits per heavy atom. The number of fused-ring (bicyclic) bond motifs is 2. The molecule has 0 amide bonds. The Bertz CT molecular complexity index is 604. The molecule has 0 aromatic heterocycles. The number of rotatable bonds is 1. The van der Waals surface area contributed by atoms with E-state index in [1.54, 1.807) is 30.3 Å². The maximum atomic E-state index is 11.0. The second-order valence-electron chi connectivity index (χ2n) is 3.59. The van der Waals surface area contributed by atoms with E-state index >= 15 is 0 Å². The van der Waals surface area contributed by atoms with Crippen LogP contribution in [-0.4, -0.2) is 11.1 Å². The van der Waals surface area contributed by atoms with Crippen molar-refractivity contribution in [2.24, 2.45) is 0 Å². The Morgan fingerprint density at radius 2 is 1.53 bits per heavy atom. The fourth-order valence-electron chi connectivity index (χ4n) is 1.72. The van der Waals surface area contributed by atoms with E-state index in [0.29, 0.717) is 17.2 Å². The van der Waals surface area contributed by atoms with Gasteiger partial charge in [0.2, 0.25) is 0 Å². The summed E-state index contributed by atoms with van der Waals surface area (Å²) in [5, 5.41) is 9.05. The summed E-state index contributed by atoms with van der Waals surface area (Å²) in [7, 11) is 0. The van der Waals surface area contributed by atoms with Gasteiger partial charge in [0.1, 0.15) is 5.56 Å². The van der Waals surface area contributed by atoms with Gasteiger partial charge < -0.3 is 14.6 Å². The Hall–Kier alpha value is -2.49. The van der Waals surface area contributed by atoms with Crippen molar-refractivity contribution >= 4 is 5.97 Å². The predicted octanol–water partition coefficient (Wildman–Crippen LogP) is 3.28. The second kappa shape index (κ2) is 3.52. The maximum absolute atomic E-state index is 11.0. The molecule has 1 aliphatic heterocycles. The lowest BCUT2D eigenvalue weighted by Gasteiger charge is -2.21. The first-order valence-corrected chi connectivity index (χ1v) is 5.07. The Kier molecular flexibility index (Phi) is 2.01. The summed E-state index contributed by atoms with van der Waals surface area (Å²) >= 11 is 0. The molecule has 1 heterocycles. The van der Waals surface area contributed by atoms with Crippen molar-refractivity contribution in [2.45, 2.75) is 0 Å². The molecule has 0 unspecified atom stereocenters. The van der Waals surface area contributed by atoms with Gasteiger partial charge in [0.15, 0.2) is 23.0 Å². The lowest BCUT2D eigenvalue weighted by Crippen LogP contribution is -2.05. The van der Waals surface area contributed by atoms with E-state index in [0.717, 1.165) is 0 Å². The fraction of sp³-hybridized carbons (Fsp3) is 0. The Morgan fingerprint density at radius 3 is 2.24 bits per heavy atom. The molecule has 0 saturated heterocycles. The molecule has 0 saturated carbocycles. The van der Waals surface area contributed by atoms with Crippen LogP contribution in [0.5, 0.6) is 23.0 Å². The third-order valence-electron chi connectivity index (χ3n) is 2.49. The highest BCUT2D eigenvalue weighted by atomic mass is 16.6. The van der Waals surface area contributed by atoms with E-state index in [9.17, 15) is 4.79 Å². The van der Waals surface area contributed by atoms with Crippen molar-refractivity contribution < 1.29 is 19.4 Å². The highest BCUT2D eigenvalue weighted by Gasteiger charge is 2.23. The molecular weight excluding hydrogens is 220 g/mol. The number of carboxylic acid groups (broad SMARTS) is 1. The molecule has 2 aromatic carbocycles. The van der Waals surface area contributed by atoms with Gasteiger partial charge in [-0.3, -0.25) is 0 Å². The molecule has 0 radical (unpaired) electrons. The number of aromatic carboxylic acids is 1. The summed E-state index contributed by atoms with van der Waals surface area (Å²) in [5.74, 6) is 0.739. The van der Waals surface area contributed by atoms with Gasteiger partial charge in [-0.2, -0.15) is 0 Å². The number of benzene rings is 2. The van der Waals surface area contributed by atoms with Crippen LogP contribution >= 0.6 is 0 Å². The third-order valence-corrected chi connectivity index (χ3v) is 2.49. The normalized spacial score (nSPS) is 11.8. The molecule has 0 bridgehead atoms. The molecular formula is C13H8O4. The van der Waals surface area contributed by atoms with Gasteiger partial charge in [-0.1, -0.05) is 18.2 Å². The minimum Gasteiger partial charge on any atom is -0.478 e. The molecule has 0 fully saturated rings. The third kappa shape index (κ3) is 1.50. The van der Waals surface area contributed by atoms with Crippen molar-refractivity contribution in [3.8, 4) is 23.0 Å². The summed E-state index contributed by atoms with van der Waals surface area (Å²) in [6, 6.07) is 11.9. The van der Waals surface area contributed by atoms with Crippen LogP contribution in [0.3, 0.4) is 0 Å². The van der Waals surface area contributed by atoms with Crippen molar-refractivity contribution in [3.63, 3.8) is 0 Å². The molecule has 4 heteroatoms. The molecule has 0 aliphatic carbocycles. The monoisotopic (exact) mass is 228 g/mol. The number of carboxylic acids is 1. The van der Waals surface area contributed by atoms with Crippen molar-refractivity contribution in [2.75, 3.05) is 0 Å². The fourth-order valence-corrected chi connectivity index (χ4v) is 1.72. The summed E-state index contributed by atoms with van der Waals surface area (Å²) in [4.78, 5) is 11.0. The zero-order chi connectivity index (χ0) is 11.8. The lowest BCUT2D eigenvalue weighted by atomic mass is 10.1. The first kappa shape index (κ1) is 9.72. The molecule has 0 atom stereocenters. The van der Waals surface area contributed by atoms with Crippen LogP contribution < -0.4 is 9.47 Å². The van der Waals surface area contributed by atoms with Gasteiger partial charge in [-0.05, 0) is 24.3 Å². The average molecular weight is 228 g/mol. The van der Waals surface area contributed by atoms with Gasteiger partial charge >= 0.3 is 5.97 Å². The zero-order valence-electron chi connectivity index (χ0n) is 8.71. The van der Waals surface area contributed by atoms with E-state index in [1.807, 2.05) is 6.07 Å². The first-order chi connectivity index (χ1) is 8.25. The number of hydrogen-bond acceptors (Lipinski definition) is 3. The van der Waals surface area contributed by atoms with Gasteiger partial charge in [0.25, 0.3) is 0 Å². The van der Waals surface area contributed by atoms with Crippen LogP contribution in [-0.2, 0) is 0 Å². The van der Waals surface area contributed by atoms with Gasteiger partial charge in [0, 0.05) is 0 Å². The highest BCUT2D eigenvalue weighted by molar-refractivity contribution is 5.92. The number of ether oxygens (including phenoxy) is 2. The zero-order valence-corrected chi connectivity index (χ0v) is 8.71. The van der Waals surface area contributed by atoms with Crippen LogP contribution in [0.1, 0.15) is 10.4 Å². The van der Waals surface area contributed by atoms with Crippen LogP contribution in [0.2, 0.25) is 0 Å². The van der Waals surface area contributed by atoms with Gasteiger partial charge in [-0.15, -0.1) is 0 Å². The summed E-state index contributed by atoms with van der Waals surface area (Å²) < 4.78 is 11.1. The average Bonchev–Trinajstić information content (AvgIpc) is 2.35. The second-order valence-corrected chi connectivity index (χ2v) is 3.59. The smallest absolute Gasteiger partial charge is 0.339 e. The lowest BCUT2D eigenvalue weighted by molar-refractivity contribution is 0.0693. The van der Waals surface area contributed by atoms with E-state index in [4.69, 9.17) is 14.6 Å². The summed E-state index contributed by atoms with van der Waals surface area (Å²) in [5.41, 5.74) is 0.0944. The Balaban J connectivity index is 2.15.